The molecular formula is C19H29N7O. The van der Waals surface area contributed by atoms with Crippen molar-refractivity contribution in [1.29, 1.82) is 0 Å². The van der Waals surface area contributed by atoms with Crippen molar-refractivity contribution in [2.45, 2.75) is 20.4 Å². The van der Waals surface area contributed by atoms with Gasteiger partial charge in [-0.15, -0.1) is 0 Å². The van der Waals surface area contributed by atoms with Gasteiger partial charge in [0.25, 0.3) is 0 Å². The van der Waals surface area contributed by atoms with E-state index in [1.807, 2.05) is 11.7 Å². The van der Waals surface area contributed by atoms with E-state index in [1.165, 1.54) is 11.3 Å². The number of nitrogens with zero attached hydrogens (tertiary/aromatic N) is 7. The Balaban J connectivity index is 1.37. The normalized spacial score (nSPS) is 18.9. The van der Waals surface area contributed by atoms with Crippen LogP contribution in [-0.2, 0) is 18.3 Å². The van der Waals surface area contributed by atoms with Gasteiger partial charge in [0, 0.05) is 70.2 Å². The molecule has 2 aromatic rings. The molecule has 0 spiro atoms. The van der Waals surface area contributed by atoms with Gasteiger partial charge < -0.3 is 14.5 Å². The number of rotatable bonds is 4. The van der Waals surface area contributed by atoms with E-state index in [4.69, 9.17) is 4.74 Å². The first-order valence-electron chi connectivity index (χ1n) is 9.73. The van der Waals surface area contributed by atoms with Crippen LogP contribution < -0.4 is 9.80 Å². The molecule has 8 heteroatoms. The number of piperazine rings is 1. The Labute approximate surface area is 160 Å². The van der Waals surface area contributed by atoms with Crippen LogP contribution in [0.2, 0.25) is 0 Å². The molecule has 4 rings (SSSR count). The highest BCUT2D eigenvalue weighted by molar-refractivity contribution is 5.50. The second kappa shape index (κ2) is 7.82. The maximum absolute atomic E-state index is 5.44. The van der Waals surface area contributed by atoms with E-state index in [-0.39, 0.29) is 0 Å². The van der Waals surface area contributed by atoms with E-state index < -0.39 is 0 Å². The summed E-state index contributed by atoms with van der Waals surface area (Å²) in [5.74, 6) is 2.03. The average molecular weight is 371 g/mol. The van der Waals surface area contributed by atoms with Crippen molar-refractivity contribution in [3.8, 4) is 0 Å². The summed E-state index contributed by atoms with van der Waals surface area (Å²) < 4.78 is 7.42. The van der Waals surface area contributed by atoms with Gasteiger partial charge in [-0.05, 0) is 13.8 Å². The summed E-state index contributed by atoms with van der Waals surface area (Å²) in [5.41, 5.74) is 3.77. The van der Waals surface area contributed by atoms with Gasteiger partial charge >= 0.3 is 0 Å². The Morgan fingerprint density at radius 3 is 2.15 bits per heavy atom. The van der Waals surface area contributed by atoms with Gasteiger partial charge in [0.1, 0.15) is 18.0 Å². The molecule has 0 saturated carbocycles. The zero-order chi connectivity index (χ0) is 18.8. The van der Waals surface area contributed by atoms with E-state index >= 15 is 0 Å². The van der Waals surface area contributed by atoms with E-state index in [2.05, 4.69) is 49.7 Å². The predicted molar refractivity (Wildman–Crippen MR) is 105 cm³/mol. The molecule has 2 aliphatic rings. The zero-order valence-corrected chi connectivity index (χ0v) is 16.6. The third-order valence-corrected chi connectivity index (χ3v) is 5.71. The predicted octanol–water partition coefficient (Wildman–Crippen LogP) is 0.986. The van der Waals surface area contributed by atoms with Gasteiger partial charge in [0.15, 0.2) is 0 Å². The molecule has 0 atom stereocenters. The minimum Gasteiger partial charge on any atom is -0.378 e. The number of ether oxygens (including phenoxy) is 1. The molecule has 2 saturated heterocycles. The molecule has 146 valence electrons. The summed E-state index contributed by atoms with van der Waals surface area (Å²) in [4.78, 5) is 16.1. The number of anilines is 2. The quantitative estimate of drug-likeness (QED) is 0.794. The molecule has 27 heavy (non-hydrogen) atoms. The third kappa shape index (κ3) is 3.91. The highest BCUT2D eigenvalue weighted by atomic mass is 16.5. The largest absolute Gasteiger partial charge is 0.378 e. The number of aryl methyl sites for hydroxylation is 2. The molecule has 0 aliphatic carbocycles. The molecule has 0 radical (unpaired) electrons. The molecule has 0 aromatic carbocycles. The molecular weight excluding hydrogens is 342 g/mol. The van der Waals surface area contributed by atoms with Crippen molar-refractivity contribution in [2.75, 3.05) is 62.3 Å². The van der Waals surface area contributed by atoms with E-state index in [9.17, 15) is 0 Å². The van der Waals surface area contributed by atoms with Gasteiger partial charge in [0.05, 0.1) is 18.9 Å². The Bertz CT molecular complexity index is 776. The molecule has 0 amide bonds. The van der Waals surface area contributed by atoms with E-state index in [1.54, 1.807) is 6.33 Å². The summed E-state index contributed by atoms with van der Waals surface area (Å²) in [6.07, 6.45) is 1.69. The van der Waals surface area contributed by atoms with Gasteiger partial charge in [-0.3, -0.25) is 9.58 Å². The molecule has 2 aliphatic heterocycles. The van der Waals surface area contributed by atoms with Crippen LogP contribution in [-0.4, -0.2) is 77.1 Å². The van der Waals surface area contributed by atoms with Crippen molar-refractivity contribution in [3.05, 3.63) is 29.3 Å². The summed E-state index contributed by atoms with van der Waals surface area (Å²) in [6, 6.07) is 2.12. The number of aromatic nitrogens is 4. The lowest BCUT2D eigenvalue weighted by Gasteiger charge is -2.36. The fraction of sp³-hybridized carbons (Fsp3) is 0.632. The van der Waals surface area contributed by atoms with Crippen LogP contribution >= 0.6 is 0 Å². The first-order chi connectivity index (χ1) is 13.1. The lowest BCUT2D eigenvalue weighted by molar-refractivity contribution is 0.122. The Kier molecular flexibility index (Phi) is 5.27. The molecule has 2 aromatic heterocycles. The van der Waals surface area contributed by atoms with Gasteiger partial charge in [-0.2, -0.15) is 5.10 Å². The van der Waals surface area contributed by atoms with Crippen LogP contribution in [0.1, 0.15) is 17.0 Å². The average Bonchev–Trinajstić information content (AvgIpc) is 2.95. The molecule has 0 bridgehead atoms. The van der Waals surface area contributed by atoms with Crippen LogP contribution in [0, 0.1) is 13.8 Å². The summed E-state index contributed by atoms with van der Waals surface area (Å²) in [7, 11) is 2.02. The van der Waals surface area contributed by atoms with Crippen molar-refractivity contribution in [1.82, 2.24) is 24.6 Å². The smallest absolute Gasteiger partial charge is 0.134 e. The number of hydrogen-bond donors (Lipinski definition) is 0. The third-order valence-electron chi connectivity index (χ3n) is 5.71. The molecule has 2 fully saturated rings. The lowest BCUT2D eigenvalue weighted by atomic mass is 10.1. The minimum absolute atomic E-state index is 0.769. The number of morpholine rings is 1. The van der Waals surface area contributed by atoms with Crippen LogP contribution in [0.25, 0.3) is 0 Å². The minimum atomic E-state index is 0.769. The Morgan fingerprint density at radius 1 is 0.926 bits per heavy atom. The van der Waals surface area contributed by atoms with Crippen molar-refractivity contribution in [3.63, 3.8) is 0 Å². The summed E-state index contributed by atoms with van der Waals surface area (Å²) in [6.45, 7) is 12.6. The summed E-state index contributed by atoms with van der Waals surface area (Å²) >= 11 is 0. The van der Waals surface area contributed by atoms with Gasteiger partial charge in [0.2, 0.25) is 0 Å². The number of hydrogen-bond acceptors (Lipinski definition) is 7. The first kappa shape index (κ1) is 18.2. The molecule has 0 N–H and O–H groups in total. The van der Waals surface area contributed by atoms with Crippen molar-refractivity contribution in [2.24, 2.45) is 7.05 Å². The van der Waals surface area contributed by atoms with Crippen LogP contribution in [0.3, 0.4) is 0 Å². The molecule has 0 unspecified atom stereocenters. The van der Waals surface area contributed by atoms with Crippen LogP contribution in [0.4, 0.5) is 11.6 Å². The highest BCUT2D eigenvalue weighted by Crippen LogP contribution is 2.21. The van der Waals surface area contributed by atoms with Crippen molar-refractivity contribution >= 4 is 11.6 Å². The van der Waals surface area contributed by atoms with Gasteiger partial charge in [-0.1, -0.05) is 0 Å². The van der Waals surface area contributed by atoms with E-state index in [0.29, 0.717) is 0 Å². The van der Waals surface area contributed by atoms with Gasteiger partial charge in [-0.25, -0.2) is 9.97 Å². The fourth-order valence-electron chi connectivity index (χ4n) is 3.88. The van der Waals surface area contributed by atoms with Crippen molar-refractivity contribution < 1.29 is 4.74 Å². The first-order valence-corrected chi connectivity index (χ1v) is 9.73. The van der Waals surface area contributed by atoms with Crippen LogP contribution in [0.15, 0.2) is 12.4 Å². The molecule has 4 heterocycles. The second-order valence-electron chi connectivity index (χ2n) is 7.37. The zero-order valence-electron chi connectivity index (χ0n) is 16.6. The standard InChI is InChI=1S/C19H29N7O/c1-15-17(16(2)23(3)22-15)13-24-4-6-25(7-5-24)18-12-19(21-14-20-18)26-8-10-27-11-9-26/h12,14H,4-11,13H2,1-3H3. The summed E-state index contributed by atoms with van der Waals surface area (Å²) in [5, 5.41) is 4.54. The van der Waals surface area contributed by atoms with Crippen LogP contribution in [0.5, 0.6) is 0 Å². The highest BCUT2D eigenvalue weighted by Gasteiger charge is 2.22. The lowest BCUT2D eigenvalue weighted by Crippen LogP contribution is -2.46. The Morgan fingerprint density at radius 2 is 1.56 bits per heavy atom. The van der Waals surface area contributed by atoms with E-state index in [0.717, 1.165) is 76.4 Å². The fourth-order valence-corrected chi connectivity index (χ4v) is 3.88. The maximum atomic E-state index is 5.44. The monoisotopic (exact) mass is 371 g/mol. The Hall–Kier alpha value is -2.19. The maximum Gasteiger partial charge on any atom is 0.134 e. The second-order valence-corrected chi connectivity index (χ2v) is 7.37. The SMILES string of the molecule is Cc1nn(C)c(C)c1CN1CCN(c2cc(N3CCOCC3)ncn2)CC1. The topological polar surface area (TPSA) is 62.6 Å². The molecule has 8 nitrogen and oxygen atoms in total.